The number of sulfonamides is 2. The molecule has 0 aliphatic heterocycles. The van der Waals surface area contributed by atoms with E-state index in [0.717, 1.165) is 11.8 Å². The van der Waals surface area contributed by atoms with E-state index in [-0.39, 0.29) is 11.4 Å². The van der Waals surface area contributed by atoms with Gasteiger partial charge in [-0.1, -0.05) is 41.9 Å². The quantitative estimate of drug-likeness (QED) is 0.264. The van der Waals surface area contributed by atoms with Crippen LogP contribution in [0.2, 0.25) is 5.02 Å². The summed E-state index contributed by atoms with van der Waals surface area (Å²) in [7, 11) is -7.38. The van der Waals surface area contributed by atoms with Gasteiger partial charge in [-0.15, -0.1) is 0 Å². The summed E-state index contributed by atoms with van der Waals surface area (Å²) in [6.45, 7) is 2.01. The molecule has 0 heterocycles. The lowest BCUT2D eigenvalue weighted by atomic mass is 10.1. The van der Waals surface area contributed by atoms with Gasteiger partial charge in [-0.3, -0.25) is 13.8 Å². The molecule has 4 aromatic rings. The molecule has 0 unspecified atom stereocenters. The third-order valence-corrected chi connectivity index (χ3v) is 8.50. The molecule has 8 nitrogen and oxygen atoms in total. The van der Waals surface area contributed by atoms with E-state index in [2.05, 4.69) is 10.0 Å². The predicted molar refractivity (Wildman–Crippen MR) is 155 cm³/mol. The maximum Gasteiger partial charge on any atom is 0.261 e. The van der Waals surface area contributed by atoms with Crippen LogP contribution in [0.5, 0.6) is 0 Å². The molecule has 0 saturated heterocycles. The summed E-state index contributed by atoms with van der Waals surface area (Å²) in [5.41, 5.74) is 3.32. The number of rotatable bonds is 9. The standard InChI is InChI=1S/C28H26ClN3O5S2/c1-20-5-3-8-26(17-20)32(38(2,34)35)19-21-9-11-22(12-10-21)28(33)30-24-13-15-27(16-14-24)39(36,37)31-25-7-4-6-23(29)18-25/h3-18,31H,19H2,1-2H3,(H,30,33). The molecule has 11 heteroatoms. The summed E-state index contributed by atoms with van der Waals surface area (Å²) < 4.78 is 54.0. The van der Waals surface area contributed by atoms with Crippen LogP contribution >= 0.6 is 11.6 Å². The number of nitrogens with zero attached hydrogens (tertiary/aromatic N) is 1. The SMILES string of the molecule is Cc1cccc(N(Cc2ccc(C(=O)Nc3ccc(S(=O)(=O)Nc4cccc(Cl)c4)cc3)cc2)S(C)(=O)=O)c1. The number of benzene rings is 4. The molecule has 0 saturated carbocycles. The van der Waals surface area contributed by atoms with Crippen LogP contribution in [0.3, 0.4) is 0 Å². The highest BCUT2D eigenvalue weighted by Gasteiger charge is 2.19. The molecule has 0 aromatic heterocycles. The highest BCUT2D eigenvalue weighted by molar-refractivity contribution is 7.92. The topological polar surface area (TPSA) is 113 Å². The molecule has 0 spiro atoms. The van der Waals surface area contributed by atoms with E-state index in [4.69, 9.17) is 11.6 Å². The maximum absolute atomic E-state index is 12.8. The zero-order valence-electron chi connectivity index (χ0n) is 21.1. The van der Waals surface area contributed by atoms with Gasteiger partial charge in [-0.05, 0) is 84.8 Å². The molecular weight excluding hydrogens is 558 g/mol. The number of carbonyl (C=O) groups excluding carboxylic acids is 1. The lowest BCUT2D eigenvalue weighted by molar-refractivity contribution is 0.102. The number of nitrogens with one attached hydrogen (secondary N) is 2. The number of hydrogen-bond donors (Lipinski definition) is 2. The fourth-order valence-electron chi connectivity index (χ4n) is 3.80. The Morgan fingerprint density at radius 1 is 0.821 bits per heavy atom. The molecule has 2 N–H and O–H groups in total. The molecule has 0 radical (unpaired) electrons. The second kappa shape index (κ2) is 11.5. The zero-order valence-corrected chi connectivity index (χ0v) is 23.5. The third kappa shape index (κ3) is 7.38. The van der Waals surface area contributed by atoms with Crippen LogP contribution in [-0.4, -0.2) is 29.0 Å². The predicted octanol–water partition coefficient (Wildman–Crippen LogP) is 5.67. The van der Waals surface area contributed by atoms with Gasteiger partial charge in [0.25, 0.3) is 15.9 Å². The van der Waals surface area contributed by atoms with Crippen molar-refractivity contribution in [1.29, 1.82) is 0 Å². The second-order valence-electron chi connectivity index (χ2n) is 8.90. The molecule has 202 valence electrons. The number of carbonyl (C=O) groups is 1. The maximum atomic E-state index is 12.8. The van der Waals surface area contributed by atoms with Gasteiger partial charge < -0.3 is 5.32 Å². The van der Waals surface area contributed by atoms with Gasteiger partial charge >= 0.3 is 0 Å². The van der Waals surface area contributed by atoms with Gasteiger partial charge in [-0.25, -0.2) is 16.8 Å². The van der Waals surface area contributed by atoms with Crippen LogP contribution in [0.25, 0.3) is 0 Å². The molecule has 0 aliphatic rings. The van der Waals surface area contributed by atoms with E-state index in [1.165, 1.54) is 34.6 Å². The van der Waals surface area contributed by atoms with Crippen molar-refractivity contribution >= 4 is 54.6 Å². The number of aryl methyl sites for hydroxylation is 1. The van der Waals surface area contributed by atoms with Crippen LogP contribution in [0.1, 0.15) is 21.5 Å². The van der Waals surface area contributed by atoms with Crippen molar-refractivity contribution in [2.24, 2.45) is 0 Å². The van der Waals surface area contributed by atoms with E-state index in [1.54, 1.807) is 60.7 Å². The average Bonchev–Trinajstić information content (AvgIpc) is 2.87. The zero-order chi connectivity index (χ0) is 28.2. The minimum Gasteiger partial charge on any atom is -0.322 e. The Morgan fingerprint density at radius 2 is 1.49 bits per heavy atom. The summed E-state index contributed by atoms with van der Waals surface area (Å²) in [6, 6.07) is 25.9. The third-order valence-electron chi connectivity index (χ3n) is 5.73. The first-order valence-corrected chi connectivity index (χ1v) is 15.4. The van der Waals surface area contributed by atoms with Crippen molar-refractivity contribution in [3.63, 3.8) is 0 Å². The normalized spacial score (nSPS) is 11.6. The van der Waals surface area contributed by atoms with Crippen LogP contribution in [-0.2, 0) is 26.6 Å². The van der Waals surface area contributed by atoms with E-state index >= 15 is 0 Å². The first-order chi connectivity index (χ1) is 18.4. The van der Waals surface area contributed by atoms with E-state index in [1.807, 2.05) is 13.0 Å². The Kier molecular flexibility index (Phi) is 8.29. The molecule has 0 atom stereocenters. The van der Waals surface area contributed by atoms with Crippen molar-refractivity contribution in [2.45, 2.75) is 18.4 Å². The Morgan fingerprint density at radius 3 is 2.10 bits per heavy atom. The molecule has 39 heavy (non-hydrogen) atoms. The number of halogens is 1. The Balaban J connectivity index is 1.42. The van der Waals surface area contributed by atoms with Gasteiger partial charge in [0.15, 0.2) is 0 Å². The van der Waals surface area contributed by atoms with Gasteiger partial charge in [0.1, 0.15) is 0 Å². The lowest BCUT2D eigenvalue weighted by Gasteiger charge is -2.23. The minimum absolute atomic E-state index is 0.0221. The second-order valence-corrected chi connectivity index (χ2v) is 12.9. The lowest BCUT2D eigenvalue weighted by Crippen LogP contribution is -2.29. The van der Waals surface area contributed by atoms with Crippen molar-refractivity contribution < 1.29 is 21.6 Å². The first-order valence-electron chi connectivity index (χ1n) is 11.7. The van der Waals surface area contributed by atoms with Gasteiger partial charge in [0.05, 0.1) is 29.1 Å². The number of anilines is 3. The van der Waals surface area contributed by atoms with Crippen LogP contribution in [0.4, 0.5) is 17.1 Å². The minimum atomic E-state index is -3.84. The molecule has 1 amide bonds. The Labute approximate surface area is 233 Å². The fourth-order valence-corrected chi connectivity index (χ4v) is 5.92. The van der Waals surface area contributed by atoms with Crippen molar-refractivity contribution in [3.05, 3.63) is 119 Å². The highest BCUT2D eigenvalue weighted by Crippen LogP contribution is 2.23. The summed E-state index contributed by atoms with van der Waals surface area (Å²) in [5, 5.41) is 3.14. The Bertz CT molecular complexity index is 1710. The molecule has 0 fully saturated rings. The number of hydrogen-bond acceptors (Lipinski definition) is 5. The van der Waals surface area contributed by atoms with Crippen molar-refractivity contribution in [3.8, 4) is 0 Å². The number of amides is 1. The molecule has 4 aromatic carbocycles. The highest BCUT2D eigenvalue weighted by atomic mass is 35.5. The summed E-state index contributed by atoms with van der Waals surface area (Å²) >= 11 is 5.92. The summed E-state index contributed by atoms with van der Waals surface area (Å²) in [5.74, 6) is -0.395. The van der Waals surface area contributed by atoms with Gasteiger partial charge in [-0.2, -0.15) is 0 Å². The van der Waals surface area contributed by atoms with Crippen LogP contribution in [0.15, 0.2) is 102 Å². The van der Waals surface area contributed by atoms with E-state index in [0.29, 0.717) is 33.2 Å². The van der Waals surface area contributed by atoms with Crippen LogP contribution < -0.4 is 14.3 Å². The fraction of sp³-hybridized carbons (Fsp3) is 0.107. The van der Waals surface area contributed by atoms with Crippen molar-refractivity contribution in [2.75, 3.05) is 20.6 Å². The molecule has 0 aliphatic carbocycles. The average molecular weight is 584 g/mol. The summed E-state index contributed by atoms with van der Waals surface area (Å²) in [4.78, 5) is 12.8. The summed E-state index contributed by atoms with van der Waals surface area (Å²) in [6.07, 6.45) is 1.15. The van der Waals surface area contributed by atoms with Gasteiger partial charge in [0, 0.05) is 16.3 Å². The van der Waals surface area contributed by atoms with Crippen molar-refractivity contribution in [1.82, 2.24) is 0 Å². The monoisotopic (exact) mass is 583 g/mol. The molecule has 4 rings (SSSR count). The molecular formula is C28H26ClN3O5S2. The first kappa shape index (κ1) is 28.2. The van der Waals surface area contributed by atoms with E-state index < -0.39 is 26.0 Å². The molecule has 0 bridgehead atoms. The van der Waals surface area contributed by atoms with Gasteiger partial charge in [0.2, 0.25) is 10.0 Å². The smallest absolute Gasteiger partial charge is 0.261 e. The Hall–Kier alpha value is -3.86. The largest absolute Gasteiger partial charge is 0.322 e. The van der Waals surface area contributed by atoms with E-state index in [9.17, 15) is 21.6 Å². The van der Waals surface area contributed by atoms with Crippen LogP contribution in [0, 0.1) is 6.92 Å².